The molecule has 0 amide bonds. The van der Waals surface area contributed by atoms with Gasteiger partial charge in [0.05, 0.1) is 31.2 Å². The molecule has 0 aliphatic rings. The molecule has 0 saturated heterocycles. The first-order valence-corrected chi connectivity index (χ1v) is 13.1. The zero-order valence-corrected chi connectivity index (χ0v) is 23.6. The molecule has 0 bridgehead atoms. The smallest absolute Gasteiger partial charge is 0.133 e. The third kappa shape index (κ3) is 7.04. The standard InChI is InChI=1S/C30H29IN4O3/c1-35-16-12-23-8-6-22(18-28(23)35)7-9-24-19-25(34-33-24)10-11-27-29(36-2)20-26(21-30(27)37-3)38-17-15-32-14-5-4-13-31/h4-16,18-21H,17H2,1-3H3,(H,33,34)/b9-7+,11-10+,13-4-,14-5-,32-15+. The number of aromatic nitrogens is 3. The summed E-state index contributed by atoms with van der Waals surface area (Å²) in [5.41, 5.74) is 4.80. The number of aromatic amines is 1. The van der Waals surface area contributed by atoms with Crippen molar-refractivity contribution < 1.29 is 14.2 Å². The van der Waals surface area contributed by atoms with E-state index in [4.69, 9.17) is 14.2 Å². The molecule has 7 nitrogen and oxygen atoms in total. The van der Waals surface area contributed by atoms with E-state index in [1.165, 1.54) is 10.9 Å². The number of rotatable bonds is 11. The number of benzene rings is 2. The highest BCUT2D eigenvalue weighted by molar-refractivity contribution is 14.1. The molecular weight excluding hydrogens is 591 g/mol. The highest BCUT2D eigenvalue weighted by atomic mass is 127. The lowest BCUT2D eigenvalue weighted by Crippen LogP contribution is -2.00. The molecule has 4 aromatic rings. The van der Waals surface area contributed by atoms with Gasteiger partial charge >= 0.3 is 0 Å². The number of nitrogens with zero attached hydrogens (tertiary/aromatic N) is 3. The average Bonchev–Trinajstić information content (AvgIpc) is 3.56. The maximum atomic E-state index is 5.79. The third-order valence-corrected chi connectivity index (χ3v) is 6.12. The van der Waals surface area contributed by atoms with Gasteiger partial charge in [0.15, 0.2) is 0 Å². The Balaban J connectivity index is 1.45. The summed E-state index contributed by atoms with van der Waals surface area (Å²) in [4.78, 5) is 4.16. The van der Waals surface area contributed by atoms with Crippen LogP contribution < -0.4 is 14.2 Å². The van der Waals surface area contributed by atoms with Crippen LogP contribution in [0.4, 0.5) is 0 Å². The Labute approximate surface area is 236 Å². The number of allylic oxidation sites excluding steroid dienone is 2. The highest BCUT2D eigenvalue weighted by Gasteiger charge is 2.11. The number of aryl methyl sites for hydroxylation is 1. The van der Waals surface area contributed by atoms with Crippen molar-refractivity contribution in [2.45, 2.75) is 0 Å². The molecule has 0 unspecified atom stereocenters. The van der Waals surface area contributed by atoms with E-state index in [9.17, 15) is 0 Å². The molecule has 2 aromatic heterocycles. The maximum Gasteiger partial charge on any atom is 0.133 e. The first kappa shape index (κ1) is 27.0. The van der Waals surface area contributed by atoms with Crippen LogP contribution in [0.25, 0.3) is 35.2 Å². The molecule has 38 heavy (non-hydrogen) atoms. The van der Waals surface area contributed by atoms with E-state index in [1.807, 2.05) is 52.7 Å². The molecule has 0 spiro atoms. The summed E-state index contributed by atoms with van der Waals surface area (Å²) in [6.07, 6.45) is 17.1. The van der Waals surface area contributed by atoms with Gasteiger partial charge in [-0.15, -0.1) is 0 Å². The number of hydrogen-bond acceptors (Lipinski definition) is 5. The van der Waals surface area contributed by atoms with Crippen LogP contribution in [0.1, 0.15) is 22.5 Å². The van der Waals surface area contributed by atoms with Crippen molar-refractivity contribution in [2.24, 2.45) is 12.0 Å². The van der Waals surface area contributed by atoms with Crippen LogP contribution >= 0.6 is 22.6 Å². The first-order valence-electron chi connectivity index (χ1n) is 11.9. The second-order valence-electron chi connectivity index (χ2n) is 8.20. The van der Waals surface area contributed by atoms with Gasteiger partial charge in [-0.1, -0.05) is 46.9 Å². The summed E-state index contributed by atoms with van der Waals surface area (Å²) < 4.78 is 21.0. The van der Waals surface area contributed by atoms with Gasteiger partial charge in [0.2, 0.25) is 0 Å². The minimum Gasteiger partial charge on any atom is -0.496 e. The van der Waals surface area contributed by atoms with Crippen molar-refractivity contribution in [1.29, 1.82) is 0 Å². The number of fused-ring (bicyclic) bond motifs is 1. The lowest BCUT2D eigenvalue weighted by atomic mass is 10.1. The van der Waals surface area contributed by atoms with Gasteiger partial charge < -0.3 is 18.8 Å². The number of methoxy groups -OCH3 is 2. The Morgan fingerprint density at radius 3 is 2.55 bits per heavy atom. The Bertz CT molecular complexity index is 1500. The van der Waals surface area contributed by atoms with E-state index < -0.39 is 0 Å². The summed E-state index contributed by atoms with van der Waals surface area (Å²) >= 11 is 2.15. The zero-order chi connectivity index (χ0) is 26.7. The molecule has 0 aliphatic carbocycles. The van der Waals surface area contributed by atoms with E-state index in [1.54, 1.807) is 26.6 Å². The number of ether oxygens (including phenoxy) is 3. The molecule has 2 heterocycles. The maximum absolute atomic E-state index is 5.79. The minimum absolute atomic E-state index is 0.322. The molecule has 0 radical (unpaired) electrons. The summed E-state index contributed by atoms with van der Waals surface area (Å²) in [7, 11) is 5.29. The van der Waals surface area contributed by atoms with Gasteiger partial charge in [-0.2, -0.15) is 5.10 Å². The largest absolute Gasteiger partial charge is 0.496 e. The topological polar surface area (TPSA) is 73.7 Å². The summed E-state index contributed by atoms with van der Waals surface area (Å²) in [5.74, 6) is 1.89. The van der Waals surface area contributed by atoms with Crippen LogP contribution in [0.15, 0.2) is 76.1 Å². The van der Waals surface area contributed by atoms with Gasteiger partial charge in [0.1, 0.15) is 23.9 Å². The molecule has 0 saturated carbocycles. The van der Waals surface area contributed by atoms with Crippen molar-refractivity contribution in [2.75, 3.05) is 20.8 Å². The van der Waals surface area contributed by atoms with Crippen LogP contribution in [-0.2, 0) is 7.05 Å². The van der Waals surface area contributed by atoms with Crippen molar-refractivity contribution in [1.82, 2.24) is 14.8 Å². The average molecular weight is 620 g/mol. The fourth-order valence-electron chi connectivity index (χ4n) is 3.80. The lowest BCUT2D eigenvalue weighted by Gasteiger charge is -2.13. The summed E-state index contributed by atoms with van der Waals surface area (Å²) in [6, 6.07) is 14.2. The number of hydrogen-bond donors (Lipinski definition) is 1. The van der Waals surface area contributed by atoms with E-state index in [0.717, 1.165) is 22.5 Å². The summed E-state index contributed by atoms with van der Waals surface area (Å²) in [5, 5.41) is 8.70. The van der Waals surface area contributed by atoms with E-state index in [-0.39, 0.29) is 0 Å². The lowest BCUT2D eigenvalue weighted by molar-refractivity contribution is 0.359. The normalized spacial score (nSPS) is 12.3. The number of H-pyrrole nitrogens is 1. The van der Waals surface area contributed by atoms with Crippen LogP contribution in [0.2, 0.25) is 0 Å². The van der Waals surface area contributed by atoms with Gasteiger partial charge in [0.25, 0.3) is 0 Å². The molecular formula is C30H29IN4O3. The molecule has 0 fully saturated rings. The molecule has 2 aromatic carbocycles. The molecule has 0 aliphatic heterocycles. The SMILES string of the molecule is COc1cc(OC/C=N/C=C\C=C/I)cc(OC)c1/C=C/c1cc(/C=C/c2ccc3ccn(C)c3c2)[nH]n1. The third-order valence-electron chi connectivity index (χ3n) is 5.71. The van der Waals surface area contributed by atoms with Crippen molar-refractivity contribution in [3.8, 4) is 17.2 Å². The van der Waals surface area contributed by atoms with Crippen molar-refractivity contribution in [3.05, 3.63) is 93.6 Å². The van der Waals surface area contributed by atoms with Gasteiger partial charge in [-0.05, 0) is 57.5 Å². The number of halogens is 1. The Kier molecular flexibility index (Phi) is 9.58. The Hall–Kier alpha value is -4.05. The molecule has 194 valence electrons. The minimum atomic E-state index is 0.322. The van der Waals surface area contributed by atoms with Crippen molar-refractivity contribution >= 4 is 64.0 Å². The van der Waals surface area contributed by atoms with E-state index in [2.05, 4.69) is 85.9 Å². The zero-order valence-electron chi connectivity index (χ0n) is 21.5. The Morgan fingerprint density at radius 1 is 0.974 bits per heavy atom. The molecule has 8 heteroatoms. The quantitative estimate of drug-likeness (QED) is 0.110. The second-order valence-corrected chi connectivity index (χ2v) is 8.92. The second kappa shape index (κ2) is 13.5. The molecule has 1 N–H and O–H groups in total. The molecule has 0 atom stereocenters. The van der Waals surface area contributed by atoms with Crippen molar-refractivity contribution in [3.63, 3.8) is 0 Å². The fourth-order valence-corrected chi connectivity index (χ4v) is 4.04. The number of nitrogens with one attached hydrogen (secondary N) is 1. The van der Waals surface area contributed by atoms with Crippen LogP contribution in [0.3, 0.4) is 0 Å². The van der Waals surface area contributed by atoms with Crippen LogP contribution in [0.5, 0.6) is 17.2 Å². The predicted octanol–water partition coefficient (Wildman–Crippen LogP) is 7.17. The fraction of sp³-hybridized carbons (Fsp3) is 0.133. The van der Waals surface area contributed by atoms with Gasteiger partial charge in [0, 0.05) is 43.3 Å². The van der Waals surface area contributed by atoms with E-state index in [0.29, 0.717) is 23.9 Å². The van der Waals surface area contributed by atoms with E-state index >= 15 is 0 Å². The van der Waals surface area contributed by atoms with Crippen LogP contribution in [-0.4, -0.2) is 41.8 Å². The highest BCUT2D eigenvalue weighted by Crippen LogP contribution is 2.35. The number of aliphatic imine (C=N–C) groups is 1. The van der Waals surface area contributed by atoms with Crippen LogP contribution in [0, 0.1) is 0 Å². The summed E-state index contributed by atoms with van der Waals surface area (Å²) in [6.45, 7) is 0.322. The Morgan fingerprint density at radius 2 is 1.79 bits per heavy atom. The molecule has 4 rings (SSSR count). The van der Waals surface area contributed by atoms with Gasteiger partial charge in [-0.25, -0.2) is 0 Å². The monoisotopic (exact) mass is 620 g/mol. The first-order chi connectivity index (χ1) is 18.6. The predicted molar refractivity (Wildman–Crippen MR) is 165 cm³/mol. The van der Waals surface area contributed by atoms with Gasteiger partial charge in [-0.3, -0.25) is 10.1 Å².